The van der Waals surface area contributed by atoms with Crippen LogP contribution in [0.4, 0.5) is 11.5 Å². The van der Waals surface area contributed by atoms with Gasteiger partial charge in [0.2, 0.25) is 0 Å². The van der Waals surface area contributed by atoms with Crippen LogP contribution in [0.25, 0.3) is 33.0 Å². The summed E-state index contributed by atoms with van der Waals surface area (Å²) in [7, 11) is -2.21. The molecule has 0 saturated carbocycles. The lowest BCUT2D eigenvalue weighted by Crippen LogP contribution is -2.17. The summed E-state index contributed by atoms with van der Waals surface area (Å²) in [6, 6.07) is 11.6. The summed E-state index contributed by atoms with van der Waals surface area (Å²) in [5.41, 5.74) is 9.64. The topological polar surface area (TPSA) is 160 Å². The number of aromatic nitrogens is 5. The van der Waals surface area contributed by atoms with E-state index in [0.717, 1.165) is 65.5 Å². The van der Waals surface area contributed by atoms with E-state index in [0.29, 0.717) is 35.0 Å². The van der Waals surface area contributed by atoms with Gasteiger partial charge in [0.05, 0.1) is 49.4 Å². The molecule has 0 bridgehead atoms. The second-order valence-corrected chi connectivity index (χ2v) is 12.9. The first-order valence-electron chi connectivity index (χ1n) is 14.5. The molecule has 1 unspecified atom stereocenters. The number of methoxy groups -OCH3 is 1. The Morgan fingerprint density at radius 3 is 2.70 bits per heavy atom. The number of nitrogen functional groups attached to an aromatic ring is 1. The Hall–Kier alpha value is -3.54. The van der Waals surface area contributed by atoms with Gasteiger partial charge in [0.15, 0.2) is 11.5 Å². The standard InChI is InChI=1S/C30H37ClN7O5P/c1-20(16-38-18-36-28-29(32)34-17-35-30(28)38)42-19-44(39,40)43-13-7-5-3-4-6-12-33-27-23-10-8-21(31)14-26(23)37-25-11-9-22(41-2)15-24(25)27/h8-11,14-15,17-18,20H,3-7,12-13,16,19H2,1-2H3,(H,33,37)(H,39,40)(H2,32,34,35)/t20-/m1/s1. The maximum absolute atomic E-state index is 12.5. The van der Waals surface area contributed by atoms with Crippen molar-refractivity contribution in [1.82, 2.24) is 24.5 Å². The molecule has 2 atom stereocenters. The second kappa shape index (κ2) is 14.5. The summed E-state index contributed by atoms with van der Waals surface area (Å²) in [5.74, 6) is 1.07. The summed E-state index contributed by atoms with van der Waals surface area (Å²) in [4.78, 5) is 27.3. The molecular formula is C30H37ClN7O5P. The van der Waals surface area contributed by atoms with Gasteiger partial charge in [-0.3, -0.25) is 4.57 Å². The third-order valence-electron chi connectivity index (χ3n) is 7.26. The number of benzene rings is 2. The Bertz CT molecular complexity index is 1790. The van der Waals surface area contributed by atoms with E-state index >= 15 is 0 Å². The normalized spacial score (nSPS) is 13.8. The van der Waals surface area contributed by atoms with E-state index in [-0.39, 0.29) is 19.1 Å². The molecule has 3 heterocycles. The van der Waals surface area contributed by atoms with Gasteiger partial charge in [-0.2, -0.15) is 0 Å². The Labute approximate surface area is 260 Å². The first-order chi connectivity index (χ1) is 21.2. The van der Waals surface area contributed by atoms with Crippen molar-refractivity contribution in [2.24, 2.45) is 0 Å². The van der Waals surface area contributed by atoms with E-state index < -0.39 is 7.60 Å². The molecule has 12 nitrogen and oxygen atoms in total. The fourth-order valence-corrected chi connectivity index (χ4v) is 6.11. The van der Waals surface area contributed by atoms with Crippen LogP contribution in [0.2, 0.25) is 5.02 Å². The van der Waals surface area contributed by atoms with E-state index in [9.17, 15) is 9.46 Å². The predicted octanol–water partition coefficient (Wildman–Crippen LogP) is 6.40. The number of rotatable bonds is 16. The van der Waals surface area contributed by atoms with Gasteiger partial charge < -0.3 is 34.5 Å². The van der Waals surface area contributed by atoms with Crippen molar-refractivity contribution in [3.8, 4) is 5.75 Å². The molecule has 5 rings (SSSR count). The van der Waals surface area contributed by atoms with Crippen molar-refractivity contribution in [3.63, 3.8) is 0 Å². The van der Waals surface area contributed by atoms with Crippen molar-refractivity contribution in [2.45, 2.75) is 51.7 Å². The largest absolute Gasteiger partial charge is 0.497 e. The zero-order chi connectivity index (χ0) is 31.1. The number of nitrogens with two attached hydrogens (primary N) is 1. The van der Waals surface area contributed by atoms with Gasteiger partial charge in [0, 0.05) is 22.3 Å². The SMILES string of the molecule is COc1ccc2nc3cc(Cl)ccc3c(NCCCCCCCOP(=O)(O)CO[C@H](C)Cn3cnc4c(N)ncnc43)c2c1. The molecule has 0 radical (unpaired) electrons. The van der Waals surface area contributed by atoms with Gasteiger partial charge in [-0.1, -0.05) is 30.9 Å². The quantitative estimate of drug-likeness (QED) is 0.0621. The molecule has 0 fully saturated rings. The minimum absolute atomic E-state index is 0.200. The summed E-state index contributed by atoms with van der Waals surface area (Å²) in [6.45, 7) is 3.18. The number of halogens is 1. The van der Waals surface area contributed by atoms with Crippen LogP contribution in [0.1, 0.15) is 39.0 Å². The van der Waals surface area contributed by atoms with E-state index in [4.69, 9.17) is 36.3 Å². The van der Waals surface area contributed by atoms with Crippen molar-refractivity contribution < 1.29 is 23.5 Å². The van der Waals surface area contributed by atoms with Crippen molar-refractivity contribution in [1.29, 1.82) is 0 Å². The highest BCUT2D eigenvalue weighted by atomic mass is 35.5. The van der Waals surface area contributed by atoms with E-state index in [1.54, 1.807) is 24.9 Å². The lowest BCUT2D eigenvalue weighted by molar-refractivity contribution is 0.0715. The Balaban J connectivity index is 1.01. The minimum Gasteiger partial charge on any atom is -0.497 e. The van der Waals surface area contributed by atoms with Crippen LogP contribution in [0, 0.1) is 0 Å². The van der Waals surface area contributed by atoms with Gasteiger partial charge >= 0.3 is 7.60 Å². The zero-order valence-electron chi connectivity index (χ0n) is 24.8. The molecule has 5 aromatic rings. The average molecular weight is 642 g/mol. The van der Waals surface area contributed by atoms with E-state index in [1.165, 1.54) is 6.33 Å². The second-order valence-electron chi connectivity index (χ2n) is 10.6. The van der Waals surface area contributed by atoms with Crippen molar-refractivity contribution >= 4 is 63.7 Å². The summed E-state index contributed by atoms with van der Waals surface area (Å²) in [5, 5.41) is 6.26. The van der Waals surface area contributed by atoms with Crippen molar-refractivity contribution in [3.05, 3.63) is 54.1 Å². The van der Waals surface area contributed by atoms with Crippen LogP contribution >= 0.6 is 19.2 Å². The maximum Gasteiger partial charge on any atom is 0.353 e. The number of hydrogen-bond donors (Lipinski definition) is 3. The van der Waals surface area contributed by atoms with Crippen LogP contribution < -0.4 is 15.8 Å². The van der Waals surface area contributed by atoms with Crippen LogP contribution in [-0.4, -0.2) is 62.1 Å². The van der Waals surface area contributed by atoms with Gasteiger partial charge in [-0.05, 0) is 56.2 Å². The minimum atomic E-state index is -3.87. The highest BCUT2D eigenvalue weighted by Gasteiger charge is 2.21. The van der Waals surface area contributed by atoms with Crippen LogP contribution in [0.3, 0.4) is 0 Å². The number of anilines is 2. The smallest absolute Gasteiger partial charge is 0.353 e. The number of nitrogens with one attached hydrogen (secondary N) is 1. The fraction of sp³-hybridized carbons (Fsp3) is 0.400. The summed E-state index contributed by atoms with van der Waals surface area (Å²) >= 11 is 6.23. The van der Waals surface area contributed by atoms with E-state index in [2.05, 4.69) is 20.3 Å². The number of ether oxygens (including phenoxy) is 2. The molecule has 2 aromatic carbocycles. The maximum atomic E-state index is 12.5. The Morgan fingerprint density at radius 2 is 1.86 bits per heavy atom. The Kier molecular flexibility index (Phi) is 10.5. The van der Waals surface area contributed by atoms with E-state index in [1.807, 2.05) is 36.4 Å². The molecule has 4 N–H and O–H groups in total. The molecule has 0 saturated heterocycles. The number of unbranched alkanes of at least 4 members (excludes halogenated alkanes) is 4. The highest BCUT2D eigenvalue weighted by molar-refractivity contribution is 7.52. The molecule has 14 heteroatoms. The molecule has 234 valence electrons. The van der Waals surface area contributed by atoms with Crippen LogP contribution in [0.5, 0.6) is 5.75 Å². The number of nitrogens with zero attached hydrogens (tertiary/aromatic N) is 5. The molecule has 0 aliphatic carbocycles. The van der Waals surface area contributed by atoms with Crippen molar-refractivity contribution in [2.75, 3.05) is 37.7 Å². The molecule has 0 spiro atoms. The van der Waals surface area contributed by atoms with Gasteiger partial charge in [0.25, 0.3) is 0 Å². The summed E-state index contributed by atoms with van der Waals surface area (Å²) < 4.78 is 30.6. The Morgan fingerprint density at radius 1 is 1.05 bits per heavy atom. The third-order valence-corrected chi connectivity index (χ3v) is 8.56. The molecule has 3 aromatic heterocycles. The first kappa shape index (κ1) is 31.9. The zero-order valence-corrected chi connectivity index (χ0v) is 26.4. The van der Waals surface area contributed by atoms with Gasteiger partial charge in [-0.15, -0.1) is 0 Å². The highest BCUT2D eigenvalue weighted by Crippen LogP contribution is 2.42. The number of imidazole rings is 1. The number of hydrogen-bond acceptors (Lipinski definition) is 10. The van der Waals surface area contributed by atoms with Gasteiger partial charge in [-0.25, -0.2) is 19.9 Å². The molecule has 0 amide bonds. The number of pyridine rings is 1. The lowest BCUT2D eigenvalue weighted by Gasteiger charge is -2.17. The fourth-order valence-electron chi connectivity index (χ4n) is 5.01. The average Bonchev–Trinajstić information content (AvgIpc) is 3.42. The van der Waals surface area contributed by atoms with Gasteiger partial charge in [0.1, 0.15) is 23.9 Å². The first-order valence-corrected chi connectivity index (χ1v) is 16.7. The number of fused-ring (bicyclic) bond motifs is 3. The summed E-state index contributed by atoms with van der Waals surface area (Å²) in [6.07, 6.45) is 6.76. The molecule has 0 aliphatic rings. The van der Waals surface area contributed by atoms with Crippen LogP contribution in [0.15, 0.2) is 49.1 Å². The van der Waals surface area contributed by atoms with Crippen LogP contribution in [-0.2, 0) is 20.4 Å². The molecule has 0 aliphatic heterocycles. The monoisotopic (exact) mass is 641 g/mol. The lowest BCUT2D eigenvalue weighted by atomic mass is 10.1. The predicted molar refractivity (Wildman–Crippen MR) is 173 cm³/mol. The third kappa shape index (κ3) is 7.94. The molecular weight excluding hydrogens is 605 g/mol. The molecule has 44 heavy (non-hydrogen) atoms.